The van der Waals surface area contributed by atoms with E-state index in [1.807, 2.05) is 24.3 Å². The van der Waals surface area contributed by atoms with Gasteiger partial charge in [-0.3, -0.25) is 39.1 Å². The zero-order valence-electron chi connectivity index (χ0n) is 27.2. The third kappa shape index (κ3) is 9.19. The van der Waals surface area contributed by atoms with Crippen LogP contribution in [0.4, 0.5) is 5.69 Å². The molecule has 3 amide bonds. The number of nitrogens with one attached hydrogen (secondary N) is 1. The summed E-state index contributed by atoms with van der Waals surface area (Å²) >= 11 is 1.50. The summed E-state index contributed by atoms with van der Waals surface area (Å²) in [5.41, 5.74) is 0.901. The minimum absolute atomic E-state index is 0.222. The number of carbonyl (C=O) groups is 5. The van der Waals surface area contributed by atoms with Gasteiger partial charge in [0.1, 0.15) is 18.2 Å². The van der Waals surface area contributed by atoms with Gasteiger partial charge in [0.15, 0.2) is 0 Å². The fourth-order valence-corrected chi connectivity index (χ4v) is 6.75. The number of nitrogens with zero attached hydrogens (tertiary/aromatic N) is 2. The van der Waals surface area contributed by atoms with Gasteiger partial charge in [0.05, 0.1) is 29.5 Å². The summed E-state index contributed by atoms with van der Waals surface area (Å²) in [6.07, 6.45) is 5.64. The number of anilines is 1. The minimum Gasteiger partial charge on any atom is -0.465 e. The van der Waals surface area contributed by atoms with Gasteiger partial charge < -0.3 is 9.47 Å². The molecule has 0 spiro atoms. The Balaban J connectivity index is 1.27. The van der Waals surface area contributed by atoms with Crippen molar-refractivity contribution in [1.82, 2.24) is 10.2 Å². The molecule has 46 heavy (non-hydrogen) atoms. The number of para-hydroxylation sites is 1. The number of hydrogen-bond acceptors (Lipinski definition) is 9. The van der Waals surface area contributed by atoms with Gasteiger partial charge in [-0.15, -0.1) is 11.8 Å². The predicted octanol–water partition coefficient (Wildman–Crippen LogP) is 5.38. The lowest BCUT2D eigenvalue weighted by Gasteiger charge is -2.28. The van der Waals surface area contributed by atoms with Crippen molar-refractivity contribution in [2.45, 2.75) is 95.2 Å². The Bertz CT molecular complexity index is 1390. The molecule has 2 heterocycles. The predicted molar refractivity (Wildman–Crippen MR) is 177 cm³/mol. The lowest BCUT2D eigenvalue weighted by molar-refractivity contribution is -0.154. The Labute approximate surface area is 275 Å². The number of hydrogen-bond donors (Lipinski definition) is 1. The van der Waals surface area contributed by atoms with E-state index in [1.165, 1.54) is 21.6 Å². The highest BCUT2D eigenvalue weighted by molar-refractivity contribution is 7.99. The maximum Gasteiger partial charge on any atom is 0.326 e. The number of carbonyl (C=O) groups excluding carboxylic acids is 5. The van der Waals surface area contributed by atoms with E-state index in [4.69, 9.17) is 9.47 Å². The van der Waals surface area contributed by atoms with E-state index in [9.17, 15) is 24.0 Å². The second-order valence-corrected chi connectivity index (χ2v) is 13.6. The highest BCUT2D eigenvalue weighted by Gasteiger charge is 2.36. The molecule has 4 rings (SSSR count). The van der Waals surface area contributed by atoms with Crippen molar-refractivity contribution in [1.29, 1.82) is 0 Å². The van der Waals surface area contributed by atoms with Crippen molar-refractivity contribution in [3.8, 4) is 0 Å². The van der Waals surface area contributed by atoms with Gasteiger partial charge in [0.2, 0.25) is 5.91 Å². The summed E-state index contributed by atoms with van der Waals surface area (Å²) in [4.78, 5) is 68.3. The van der Waals surface area contributed by atoms with E-state index in [2.05, 4.69) is 5.32 Å². The molecule has 0 saturated carbocycles. The van der Waals surface area contributed by atoms with Crippen molar-refractivity contribution < 1.29 is 33.4 Å². The number of rotatable bonds is 15. The van der Waals surface area contributed by atoms with Crippen molar-refractivity contribution >= 4 is 47.1 Å². The fourth-order valence-electron chi connectivity index (χ4n) is 5.66. The first-order valence-corrected chi connectivity index (χ1v) is 17.1. The second kappa shape index (κ2) is 16.2. The number of amides is 3. The van der Waals surface area contributed by atoms with Crippen molar-refractivity contribution in [2.75, 3.05) is 30.3 Å². The Morgan fingerprint density at radius 1 is 0.891 bits per heavy atom. The molecule has 0 fully saturated rings. The van der Waals surface area contributed by atoms with E-state index >= 15 is 0 Å². The van der Waals surface area contributed by atoms with Gasteiger partial charge >= 0.3 is 11.9 Å². The molecule has 0 unspecified atom stereocenters. The largest absolute Gasteiger partial charge is 0.465 e. The second-order valence-electron chi connectivity index (χ2n) is 12.5. The highest BCUT2D eigenvalue weighted by atomic mass is 32.2. The van der Waals surface area contributed by atoms with Crippen LogP contribution in [0.15, 0.2) is 53.4 Å². The van der Waals surface area contributed by atoms with Crippen LogP contribution in [-0.4, -0.2) is 77.7 Å². The van der Waals surface area contributed by atoms with Gasteiger partial charge in [-0.1, -0.05) is 56.4 Å². The smallest absolute Gasteiger partial charge is 0.326 e. The first-order valence-electron chi connectivity index (χ1n) is 16.1. The third-order valence-electron chi connectivity index (χ3n) is 7.81. The molecule has 11 heteroatoms. The zero-order chi connectivity index (χ0) is 33.3. The quantitative estimate of drug-likeness (QED) is 0.154. The molecular weight excluding hydrogens is 606 g/mol. The molecule has 2 aromatic carbocycles. The topological polar surface area (TPSA) is 122 Å². The van der Waals surface area contributed by atoms with Crippen LogP contribution in [0.2, 0.25) is 0 Å². The van der Waals surface area contributed by atoms with Crippen LogP contribution < -0.4 is 10.2 Å². The fraction of sp³-hybridized carbons (Fsp3) is 0.514. The average Bonchev–Trinajstić information content (AvgIpc) is 3.17. The van der Waals surface area contributed by atoms with Crippen LogP contribution in [0, 0.1) is 0 Å². The molecule has 0 radical (unpaired) electrons. The molecule has 2 aliphatic rings. The van der Waals surface area contributed by atoms with Crippen molar-refractivity contribution in [3.05, 3.63) is 59.7 Å². The summed E-state index contributed by atoms with van der Waals surface area (Å²) in [5, 5.41) is 3.27. The first-order chi connectivity index (χ1) is 22.0. The SMILES string of the molecule is CCOC(=O)[C@@H](CCCCCCCCN1C(=O)c2ccccc2C1=O)N[C@H]1CSc2ccccc2N(CC(=O)OC(C)(C)C)C1=O. The molecule has 0 saturated heterocycles. The number of unbranched alkanes of at least 4 members (excludes halogenated alkanes) is 5. The van der Waals surface area contributed by atoms with Gasteiger partial charge in [-0.25, -0.2) is 0 Å². The molecule has 0 aromatic heterocycles. The molecule has 2 aliphatic heterocycles. The van der Waals surface area contributed by atoms with Gasteiger partial charge in [-0.05, 0) is 64.8 Å². The third-order valence-corrected chi connectivity index (χ3v) is 8.97. The maximum absolute atomic E-state index is 13.8. The van der Waals surface area contributed by atoms with Crippen molar-refractivity contribution in [2.24, 2.45) is 0 Å². The maximum atomic E-state index is 13.8. The molecule has 2 aromatic rings. The number of thioether (sulfide) groups is 1. The minimum atomic E-state index is -0.712. The van der Waals surface area contributed by atoms with Crippen molar-refractivity contribution in [3.63, 3.8) is 0 Å². The Morgan fingerprint density at radius 2 is 1.50 bits per heavy atom. The number of imide groups is 1. The Morgan fingerprint density at radius 3 is 2.15 bits per heavy atom. The summed E-state index contributed by atoms with van der Waals surface area (Å²) < 4.78 is 10.9. The zero-order valence-corrected chi connectivity index (χ0v) is 28.0. The number of ether oxygens (including phenoxy) is 2. The first kappa shape index (κ1) is 35.2. The van der Waals surface area contributed by atoms with E-state index in [0.29, 0.717) is 35.5 Å². The standard InChI is InChI=1S/C35H45N3O7S/c1-5-44-34(43)26(18-10-8-6-7-9-15-21-37-31(40)24-16-11-12-17-25(24)32(37)41)36-27-23-46-29-20-14-13-19-28(29)38(33(27)42)22-30(39)45-35(2,3)4/h11-14,16-17,19-20,26-27,36H,5-10,15,18,21-23H2,1-4H3/t26-,27+/m1/s1. The van der Waals surface area contributed by atoms with Gasteiger partial charge in [0, 0.05) is 17.2 Å². The van der Waals surface area contributed by atoms with Crippen LogP contribution in [0.25, 0.3) is 0 Å². The molecular formula is C35H45N3O7S. The Hall–Kier alpha value is -3.70. The van der Waals surface area contributed by atoms with E-state index in [1.54, 1.807) is 52.0 Å². The number of esters is 2. The molecule has 0 bridgehead atoms. The van der Waals surface area contributed by atoms with Crippen LogP contribution in [-0.2, 0) is 23.9 Å². The molecule has 248 valence electrons. The molecule has 1 N–H and O–H groups in total. The summed E-state index contributed by atoms with van der Waals surface area (Å²) in [6.45, 7) is 7.51. The van der Waals surface area contributed by atoms with E-state index in [0.717, 1.165) is 43.4 Å². The highest BCUT2D eigenvalue weighted by Crippen LogP contribution is 2.34. The summed E-state index contributed by atoms with van der Waals surface area (Å²) in [6, 6.07) is 13.0. The van der Waals surface area contributed by atoms with Gasteiger partial charge in [-0.2, -0.15) is 0 Å². The lowest BCUT2D eigenvalue weighted by atomic mass is 10.0. The Kier molecular flexibility index (Phi) is 12.4. The monoisotopic (exact) mass is 651 g/mol. The van der Waals surface area contributed by atoms with Crippen LogP contribution in [0.5, 0.6) is 0 Å². The summed E-state index contributed by atoms with van der Waals surface area (Å²) in [7, 11) is 0. The van der Waals surface area contributed by atoms with Gasteiger partial charge in [0.25, 0.3) is 11.8 Å². The molecule has 2 atom stereocenters. The van der Waals surface area contributed by atoms with E-state index < -0.39 is 29.6 Å². The normalized spacial score (nSPS) is 17.0. The van der Waals surface area contributed by atoms with Crippen LogP contribution in [0.1, 0.15) is 93.4 Å². The number of benzene rings is 2. The molecule has 0 aliphatic carbocycles. The number of fused-ring (bicyclic) bond motifs is 2. The molecule has 10 nitrogen and oxygen atoms in total. The summed E-state index contributed by atoms with van der Waals surface area (Å²) in [5.74, 6) is -1.26. The average molecular weight is 652 g/mol. The van der Waals surface area contributed by atoms with Crippen LogP contribution in [0.3, 0.4) is 0 Å². The lowest BCUT2D eigenvalue weighted by Crippen LogP contribution is -2.54. The van der Waals surface area contributed by atoms with Crippen LogP contribution >= 0.6 is 11.8 Å². The van der Waals surface area contributed by atoms with E-state index in [-0.39, 0.29) is 30.9 Å².